The van der Waals surface area contributed by atoms with E-state index < -0.39 is 0 Å². The van der Waals surface area contributed by atoms with Crippen LogP contribution in [0.25, 0.3) is 0 Å². The molecule has 0 radical (unpaired) electrons. The number of rotatable bonds is 5. The van der Waals surface area contributed by atoms with Gasteiger partial charge in [0.25, 0.3) is 0 Å². The molecule has 1 aromatic heterocycles. The van der Waals surface area contributed by atoms with Gasteiger partial charge in [0.15, 0.2) is 0 Å². The van der Waals surface area contributed by atoms with Gasteiger partial charge in [-0.05, 0) is 40.7 Å². The van der Waals surface area contributed by atoms with Crippen molar-refractivity contribution in [3.05, 3.63) is 52.0 Å². The summed E-state index contributed by atoms with van der Waals surface area (Å²) in [4.78, 5) is 2.10. The quantitative estimate of drug-likeness (QED) is 0.909. The molecule has 0 spiro atoms. The van der Waals surface area contributed by atoms with E-state index in [1.54, 1.807) is 10.7 Å². The maximum atomic E-state index is 13.6. The Labute approximate surface area is 126 Å². The van der Waals surface area contributed by atoms with Crippen molar-refractivity contribution in [2.75, 3.05) is 13.6 Å². The average molecular weight is 341 g/mol. The van der Waals surface area contributed by atoms with Crippen LogP contribution in [0.3, 0.4) is 0 Å². The molecule has 2 N–H and O–H groups in total. The smallest absolute Gasteiger partial charge is 0.137 e. The number of nitrogens with two attached hydrogens (primary N) is 1. The van der Waals surface area contributed by atoms with E-state index in [0.29, 0.717) is 17.6 Å². The zero-order chi connectivity index (χ0) is 14.7. The Kier molecular flexibility index (Phi) is 4.91. The van der Waals surface area contributed by atoms with Crippen molar-refractivity contribution in [1.82, 2.24) is 14.7 Å². The van der Waals surface area contributed by atoms with Gasteiger partial charge in [0.2, 0.25) is 0 Å². The van der Waals surface area contributed by atoms with Crippen LogP contribution in [0.1, 0.15) is 17.2 Å². The Morgan fingerprint density at radius 3 is 2.80 bits per heavy atom. The second kappa shape index (κ2) is 6.47. The zero-order valence-corrected chi connectivity index (χ0v) is 13.1. The van der Waals surface area contributed by atoms with Gasteiger partial charge in [-0.15, -0.1) is 0 Å². The third-order valence-electron chi connectivity index (χ3n) is 3.27. The third-order valence-corrected chi connectivity index (χ3v) is 3.92. The van der Waals surface area contributed by atoms with Crippen molar-refractivity contribution in [2.45, 2.75) is 12.6 Å². The standard InChI is InChI=1S/C14H18BrFN4/c1-19(8-10-7-18-20(2)9-10)14(6-17)11-3-4-12(15)13(16)5-11/h3-5,7,9,14H,6,8,17H2,1-2H3. The van der Waals surface area contributed by atoms with Crippen LogP contribution in [0.15, 0.2) is 35.1 Å². The highest BCUT2D eigenvalue weighted by Crippen LogP contribution is 2.24. The Balaban J connectivity index is 2.16. The van der Waals surface area contributed by atoms with Crippen LogP contribution in [0, 0.1) is 5.82 Å². The maximum Gasteiger partial charge on any atom is 0.137 e. The summed E-state index contributed by atoms with van der Waals surface area (Å²) >= 11 is 3.16. The molecule has 0 aliphatic carbocycles. The van der Waals surface area contributed by atoms with E-state index in [2.05, 4.69) is 25.9 Å². The van der Waals surface area contributed by atoms with E-state index in [1.165, 1.54) is 6.07 Å². The first-order valence-electron chi connectivity index (χ1n) is 6.34. The summed E-state index contributed by atoms with van der Waals surface area (Å²) in [5.74, 6) is -0.268. The molecule has 0 aliphatic rings. The fraction of sp³-hybridized carbons (Fsp3) is 0.357. The SMILES string of the molecule is CN(Cc1cnn(C)c1)C(CN)c1ccc(Br)c(F)c1. The van der Waals surface area contributed by atoms with Crippen molar-refractivity contribution in [3.63, 3.8) is 0 Å². The number of halogens is 2. The molecule has 20 heavy (non-hydrogen) atoms. The van der Waals surface area contributed by atoms with Crippen LogP contribution in [0.2, 0.25) is 0 Å². The van der Waals surface area contributed by atoms with Gasteiger partial charge in [0.1, 0.15) is 5.82 Å². The van der Waals surface area contributed by atoms with E-state index in [9.17, 15) is 4.39 Å². The molecule has 4 nitrogen and oxygen atoms in total. The minimum Gasteiger partial charge on any atom is -0.329 e. The lowest BCUT2D eigenvalue weighted by Gasteiger charge is -2.27. The Bertz CT molecular complexity index is 584. The van der Waals surface area contributed by atoms with Crippen molar-refractivity contribution in [1.29, 1.82) is 0 Å². The van der Waals surface area contributed by atoms with Gasteiger partial charge in [0.05, 0.1) is 10.7 Å². The van der Waals surface area contributed by atoms with Gasteiger partial charge in [-0.2, -0.15) is 5.10 Å². The van der Waals surface area contributed by atoms with Crippen LogP contribution < -0.4 is 5.73 Å². The van der Waals surface area contributed by atoms with Crippen molar-refractivity contribution in [2.24, 2.45) is 12.8 Å². The minimum absolute atomic E-state index is 0.0298. The molecule has 0 saturated heterocycles. The minimum atomic E-state index is -0.268. The molecule has 0 amide bonds. The molecular formula is C14H18BrFN4. The van der Waals surface area contributed by atoms with Gasteiger partial charge in [-0.25, -0.2) is 4.39 Å². The Morgan fingerprint density at radius 1 is 1.50 bits per heavy atom. The van der Waals surface area contributed by atoms with Crippen molar-refractivity contribution >= 4 is 15.9 Å². The van der Waals surface area contributed by atoms with E-state index >= 15 is 0 Å². The zero-order valence-electron chi connectivity index (χ0n) is 11.6. The number of hydrogen-bond acceptors (Lipinski definition) is 3. The summed E-state index contributed by atoms with van der Waals surface area (Å²) < 4.78 is 15.9. The Hall–Kier alpha value is -1.24. The first kappa shape index (κ1) is 15.2. The summed E-state index contributed by atoms with van der Waals surface area (Å²) in [6, 6.07) is 5.11. The summed E-state index contributed by atoms with van der Waals surface area (Å²) in [5, 5.41) is 4.15. The number of hydrogen-bond donors (Lipinski definition) is 1. The molecule has 2 aromatic rings. The van der Waals surface area contributed by atoms with E-state index in [1.807, 2.05) is 32.6 Å². The van der Waals surface area contributed by atoms with Crippen LogP contribution >= 0.6 is 15.9 Å². The highest BCUT2D eigenvalue weighted by molar-refractivity contribution is 9.10. The largest absolute Gasteiger partial charge is 0.329 e. The fourth-order valence-corrected chi connectivity index (χ4v) is 2.49. The molecule has 0 bridgehead atoms. The monoisotopic (exact) mass is 340 g/mol. The van der Waals surface area contributed by atoms with Gasteiger partial charge < -0.3 is 5.73 Å². The topological polar surface area (TPSA) is 47.1 Å². The van der Waals surface area contributed by atoms with Gasteiger partial charge in [0, 0.05) is 37.9 Å². The maximum absolute atomic E-state index is 13.6. The fourth-order valence-electron chi connectivity index (χ4n) is 2.24. The Morgan fingerprint density at radius 2 is 2.25 bits per heavy atom. The highest BCUT2D eigenvalue weighted by atomic mass is 79.9. The molecule has 1 heterocycles. The molecule has 0 aliphatic heterocycles. The van der Waals surface area contributed by atoms with Crippen LogP contribution in [0.5, 0.6) is 0 Å². The molecule has 0 fully saturated rings. The molecule has 1 atom stereocenters. The van der Waals surface area contributed by atoms with Crippen molar-refractivity contribution < 1.29 is 4.39 Å². The van der Waals surface area contributed by atoms with E-state index in [-0.39, 0.29) is 11.9 Å². The summed E-state index contributed by atoms with van der Waals surface area (Å²) in [7, 11) is 3.86. The lowest BCUT2D eigenvalue weighted by molar-refractivity contribution is 0.241. The van der Waals surface area contributed by atoms with Gasteiger partial charge in [-0.3, -0.25) is 9.58 Å². The molecular weight excluding hydrogens is 323 g/mol. The van der Waals surface area contributed by atoms with E-state index in [0.717, 1.165) is 11.1 Å². The molecule has 108 valence electrons. The molecule has 1 aromatic carbocycles. The first-order chi connectivity index (χ1) is 9.51. The number of likely N-dealkylation sites (N-methyl/N-ethyl adjacent to an activating group) is 1. The first-order valence-corrected chi connectivity index (χ1v) is 7.13. The predicted octanol–water partition coefficient (Wildman–Crippen LogP) is 2.45. The van der Waals surface area contributed by atoms with Crippen LogP contribution in [0.4, 0.5) is 4.39 Å². The second-order valence-electron chi connectivity index (χ2n) is 4.86. The average Bonchev–Trinajstić information content (AvgIpc) is 2.80. The second-order valence-corrected chi connectivity index (χ2v) is 5.72. The highest BCUT2D eigenvalue weighted by Gasteiger charge is 2.17. The molecule has 0 saturated carbocycles. The van der Waals surface area contributed by atoms with Gasteiger partial charge in [-0.1, -0.05) is 6.07 Å². The third kappa shape index (κ3) is 3.45. The van der Waals surface area contributed by atoms with E-state index in [4.69, 9.17) is 5.73 Å². The summed E-state index contributed by atoms with van der Waals surface area (Å²) in [5.41, 5.74) is 7.83. The molecule has 1 unspecified atom stereocenters. The normalized spacial score (nSPS) is 12.9. The van der Waals surface area contributed by atoms with Crippen LogP contribution in [-0.4, -0.2) is 28.3 Å². The van der Waals surface area contributed by atoms with Gasteiger partial charge >= 0.3 is 0 Å². The number of aryl methyl sites for hydroxylation is 1. The van der Waals surface area contributed by atoms with Crippen LogP contribution in [-0.2, 0) is 13.6 Å². The lowest BCUT2D eigenvalue weighted by Crippen LogP contribution is -2.30. The number of aromatic nitrogens is 2. The predicted molar refractivity (Wildman–Crippen MR) is 80.6 cm³/mol. The molecule has 6 heteroatoms. The molecule has 2 rings (SSSR count). The summed E-state index contributed by atoms with van der Waals surface area (Å²) in [6.45, 7) is 1.14. The number of benzene rings is 1. The van der Waals surface area contributed by atoms with Crippen molar-refractivity contribution in [3.8, 4) is 0 Å². The summed E-state index contributed by atoms with van der Waals surface area (Å²) in [6.07, 6.45) is 3.79. The number of nitrogens with zero attached hydrogens (tertiary/aromatic N) is 3. The lowest BCUT2D eigenvalue weighted by atomic mass is 10.1.